The van der Waals surface area contributed by atoms with Crippen LogP contribution in [0.4, 0.5) is 5.69 Å². The summed E-state index contributed by atoms with van der Waals surface area (Å²) in [6, 6.07) is 10.1. The molecule has 0 spiro atoms. The van der Waals surface area contributed by atoms with E-state index in [9.17, 15) is 4.79 Å². The lowest BCUT2D eigenvalue weighted by molar-refractivity contribution is -0.123. The smallest absolute Gasteiger partial charge is 0.247 e. The number of hydrogen-bond acceptors (Lipinski definition) is 3. The second-order valence-electron chi connectivity index (χ2n) is 5.38. The predicted octanol–water partition coefficient (Wildman–Crippen LogP) is 3.19. The van der Waals surface area contributed by atoms with Gasteiger partial charge in [-0.05, 0) is 55.3 Å². The van der Waals surface area contributed by atoms with Gasteiger partial charge in [0.1, 0.15) is 5.54 Å². The molecule has 1 atom stereocenters. The zero-order valence-electron chi connectivity index (χ0n) is 11.5. The summed E-state index contributed by atoms with van der Waals surface area (Å²) < 4.78 is 0. The lowest BCUT2D eigenvalue weighted by Crippen LogP contribution is -2.49. The third-order valence-corrected chi connectivity index (χ3v) is 4.94. The van der Waals surface area contributed by atoms with Crippen LogP contribution in [0.1, 0.15) is 28.8 Å². The fourth-order valence-corrected chi connectivity index (χ4v) is 3.98. The summed E-state index contributed by atoms with van der Waals surface area (Å²) >= 11 is 1.71. The van der Waals surface area contributed by atoms with E-state index in [1.54, 1.807) is 11.3 Å². The highest BCUT2D eigenvalue weighted by molar-refractivity contribution is 7.10. The first-order valence-corrected chi connectivity index (χ1v) is 7.71. The first kappa shape index (κ1) is 13.2. The molecule has 0 saturated carbocycles. The van der Waals surface area contributed by atoms with Gasteiger partial charge < -0.3 is 11.1 Å². The van der Waals surface area contributed by atoms with Crippen LogP contribution >= 0.6 is 11.3 Å². The Morgan fingerprint density at radius 3 is 3.00 bits per heavy atom. The number of nitrogens with two attached hydrogens (primary N) is 1. The van der Waals surface area contributed by atoms with Crippen LogP contribution in [0.5, 0.6) is 0 Å². The molecule has 0 fully saturated rings. The Balaban J connectivity index is 2.05. The van der Waals surface area contributed by atoms with Crippen LogP contribution in [-0.4, -0.2) is 5.91 Å². The van der Waals surface area contributed by atoms with Crippen molar-refractivity contribution in [1.82, 2.24) is 0 Å². The van der Waals surface area contributed by atoms with Crippen LogP contribution in [0.15, 0.2) is 35.7 Å². The first-order chi connectivity index (χ1) is 9.62. The Kier molecular flexibility index (Phi) is 3.26. The van der Waals surface area contributed by atoms with Crippen molar-refractivity contribution in [2.75, 3.05) is 5.32 Å². The van der Waals surface area contributed by atoms with E-state index in [0.717, 1.165) is 36.1 Å². The van der Waals surface area contributed by atoms with Gasteiger partial charge >= 0.3 is 0 Å². The number of amides is 1. The predicted molar refractivity (Wildman–Crippen MR) is 82.9 cm³/mol. The van der Waals surface area contributed by atoms with E-state index in [4.69, 9.17) is 5.73 Å². The van der Waals surface area contributed by atoms with Crippen molar-refractivity contribution in [1.29, 1.82) is 0 Å². The van der Waals surface area contributed by atoms with Gasteiger partial charge in [0.25, 0.3) is 0 Å². The minimum Gasteiger partial charge on any atom is -0.368 e. The van der Waals surface area contributed by atoms with Crippen molar-refractivity contribution >= 4 is 22.9 Å². The molecule has 3 rings (SSSR count). The Labute approximate surface area is 122 Å². The number of rotatable bonds is 3. The molecule has 3 N–H and O–H groups in total. The number of thiophene rings is 1. The normalized spacial score (nSPS) is 21.2. The zero-order valence-corrected chi connectivity index (χ0v) is 12.3. The van der Waals surface area contributed by atoms with Gasteiger partial charge in [0.05, 0.1) is 0 Å². The van der Waals surface area contributed by atoms with Gasteiger partial charge in [-0.3, -0.25) is 4.79 Å². The number of fused-ring (bicyclic) bond motifs is 1. The van der Waals surface area contributed by atoms with Crippen molar-refractivity contribution < 1.29 is 4.79 Å². The minimum absolute atomic E-state index is 0.293. The summed E-state index contributed by atoms with van der Waals surface area (Å²) in [5.74, 6) is -0.293. The fourth-order valence-electron chi connectivity index (χ4n) is 2.98. The van der Waals surface area contributed by atoms with Crippen molar-refractivity contribution in [2.45, 2.75) is 31.7 Å². The van der Waals surface area contributed by atoms with E-state index >= 15 is 0 Å². The lowest BCUT2D eigenvalue weighted by Gasteiger charge is -2.36. The molecule has 0 aliphatic heterocycles. The SMILES string of the molecule is Cc1cccc(NC2(C(N)=O)CCCc3sccc32)c1. The second-order valence-corrected chi connectivity index (χ2v) is 6.38. The number of carbonyl (C=O) groups is 1. The van der Waals surface area contributed by atoms with E-state index in [2.05, 4.69) is 5.32 Å². The summed E-state index contributed by atoms with van der Waals surface area (Å²) in [5, 5.41) is 5.46. The molecule has 0 radical (unpaired) electrons. The van der Waals surface area contributed by atoms with Crippen LogP contribution in [-0.2, 0) is 16.8 Å². The molecule has 1 aromatic heterocycles. The molecule has 1 aliphatic rings. The van der Waals surface area contributed by atoms with E-state index in [0.29, 0.717) is 0 Å². The molecule has 0 saturated heterocycles. The average Bonchev–Trinajstić information content (AvgIpc) is 2.88. The minimum atomic E-state index is -0.763. The first-order valence-electron chi connectivity index (χ1n) is 6.83. The van der Waals surface area contributed by atoms with Gasteiger partial charge in [0, 0.05) is 16.1 Å². The maximum atomic E-state index is 12.2. The molecule has 104 valence electrons. The third kappa shape index (κ3) is 2.10. The average molecular weight is 286 g/mol. The quantitative estimate of drug-likeness (QED) is 0.910. The Bertz CT molecular complexity index is 649. The molecule has 2 aromatic rings. The van der Waals surface area contributed by atoms with Gasteiger partial charge in [0.2, 0.25) is 5.91 Å². The highest BCUT2D eigenvalue weighted by Gasteiger charge is 2.42. The Hall–Kier alpha value is -1.81. The van der Waals surface area contributed by atoms with Gasteiger partial charge in [-0.15, -0.1) is 11.3 Å². The van der Waals surface area contributed by atoms with Crippen LogP contribution in [0, 0.1) is 6.92 Å². The van der Waals surface area contributed by atoms with E-state index < -0.39 is 5.54 Å². The zero-order chi connectivity index (χ0) is 14.2. The Morgan fingerprint density at radius 2 is 2.25 bits per heavy atom. The number of nitrogens with one attached hydrogen (secondary N) is 1. The fraction of sp³-hybridized carbons (Fsp3) is 0.312. The number of primary amides is 1. The highest BCUT2D eigenvalue weighted by atomic mass is 32.1. The van der Waals surface area contributed by atoms with Crippen LogP contribution in [0.2, 0.25) is 0 Å². The number of aryl methyl sites for hydroxylation is 2. The second kappa shape index (κ2) is 4.94. The lowest BCUT2D eigenvalue weighted by atomic mass is 9.79. The molecule has 1 aromatic carbocycles. The summed E-state index contributed by atoms with van der Waals surface area (Å²) in [4.78, 5) is 13.5. The highest BCUT2D eigenvalue weighted by Crippen LogP contribution is 2.40. The van der Waals surface area contributed by atoms with Crippen LogP contribution in [0.3, 0.4) is 0 Å². The number of anilines is 1. The Morgan fingerprint density at radius 1 is 1.40 bits per heavy atom. The molecule has 0 bridgehead atoms. The van der Waals surface area contributed by atoms with Crippen molar-refractivity contribution in [3.63, 3.8) is 0 Å². The van der Waals surface area contributed by atoms with Crippen molar-refractivity contribution in [2.24, 2.45) is 5.73 Å². The number of hydrogen-bond donors (Lipinski definition) is 2. The maximum Gasteiger partial charge on any atom is 0.247 e. The van der Waals surface area contributed by atoms with Crippen molar-refractivity contribution in [3.8, 4) is 0 Å². The van der Waals surface area contributed by atoms with Gasteiger partial charge in [0.15, 0.2) is 0 Å². The monoisotopic (exact) mass is 286 g/mol. The third-order valence-electron chi connectivity index (χ3n) is 3.96. The largest absolute Gasteiger partial charge is 0.368 e. The topological polar surface area (TPSA) is 55.1 Å². The molecule has 3 nitrogen and oxygen atoms in total. The standard InChI is InChI=1S/C16H18N2OS/c1-11-4-2-5-12(10-11)18-16(15(17)19)8-3-6-14-13(16)7-9-20-14/h2,4-5,7,9-10,18H,3,6,8H2,1H3,(H2,17,19). The molecular weight excluding hydrogens is 268 g/mol. The molecule has 1 unspecified atom stereocenters. The summed E-state index contributed by atoms with van der Waals surface area (Å²) in [7, 11) is 0. The molecule has 1 aliphatic carbocycles. The van der Waals surface area contributed by atoms with Gasteiger partial charge in [-0.1, -0.05) is 12.1 Å². The molecular formula is C16H18N2OS. The summed E-state index contributed by atoms with van der Waals surface area (Å²) in [6.45, 7) is 2.04. The van der Waals surface area contributed by atoms with E-state index in [1.165, 1.54) is 4.88 Å². The molecule has 1 heterocycles. The van der Waals surface area contributed by atoms with E-state index in [1.807, 2.05) is 42.6 Å². The number of benzene rings is 1. The van der Waals surface area contributed by atoms with Crippen LogP contribution < -0.4 is 11.1 Å². The molecule has 20 heavy (non-hydrogen) atoms. The van der Waals surface area contributed by atoms with Gasteiger partial charge in [-0.25, -0.2) is 0 Å². The van der Waals surface area contributed by atoms with E-state index in [-0.39, 0.29) is 5.91 Å². The molecule has 4 heteroatoms. The van der Waals surface area contributed by atoms with Crippen molar-refractivity contribution in [3.05, 3.63) is 51.7 Å². The van der Waals surface area contributed by atoms with Crippen LogP contribution in [0.25, 0.3) is 0 Å². The van der Waals surface area contributed by atoms with Gasteiger partial charge in [-0.2, -0.15) is 0 Å². The maximum absolute atomic E-state index is 12.2. The summed E-state index contributed by atoms with van der Waals surface area (Å²) in [6.07, 6.45) is 2.77. The molecule has 1 amide bonds. The summed E-state index contributed by atoms with van der Waals surface area (Å²) in [5.41, 5.74) is 8.17. The number of carbonyl (C=O) groups excluding carboxylic acids is 1.